The summed E-state index contributed by atoms with van der Waals surface area (Å²) >= 11 is 6.20. The lowest BCUT2D eigenvalue weighted by Crippen LogP contribution is -2.44. The van der Waals surface area contributed by atoms with Gasteiger partial charge in [0.2, 0.25) is 0 Å². The number of nitrogens with zero attached hydrogens (tertiary/aromatic N) is 3. The number of methoxy groups -OCH3 is 2. The lowest BCUT2D eigenvalue weighted by molar-refractivity contribution is 0.262. The predicted octanol–water partition coefficient (Wildman–Crippen LogP) is 4.61. The average Bonchev–Trinajstić information content (AvgIpc) is 2.80. The maximum atomic E-state index is 12.6. The van der Waals surface area contributed by atoms with E-state index in [2.05, 4.69) is 40.5 Å². The fourth-order valence-electron chi connectivity index (χ4n) is 3.89. The number of anilines is 3. The fraction of sp³-hybridized carbons (Fsp3) is 0.333. The molecule has 2 aromatic carbocycles. The second kappa shape index (κ2) is 9.72. The van der Waals surface area contributed by atoms with Gasteiger partial charge in [-0.25, -0.2) is 9.78 Å². The summed E-state index contributed by atoms with van der Waals surface area (Å²) in [5, 5.41) is 7.02. The van der Waals surface area contributed by atoms with Crippen molar-refractivity contribution in [2.24, 2.45) is 0 Å². The molecule has 1 aliphatic rings. The average molecular weight is 470 g/mol. The maximum absolute atomic E-state index is 12.6. The number of aryl methyl sites for hydroxylation is 1. The maximum Gasteiger partial charge on any atom is 0.323 e. The third kappa shape index (κ3) is 5.07. The van der Waals surface area contributed by atoms with Gasteiger partial charge in [-0.1, -0.05) is 11.6 Å². The number of piperazine rings is 1. The van der Waals surface area contributed by atoms with E-state index < -0.39 is 6.03 Å². The van der Waals surface area contributed by atoms with Crippen LogP contribution in [0.3, 0.4) is 0 Å². The minimum atomic E-state index is -0.409. The first kappa shape index (κ1) is 22.9. The van der Waals surface area contributed by atoms with Crippen LogP contribution in [0.1, 0.15) is 5.56 Å². The number of carbonyl (C=O) groups is 1. The zero-order valence-corrected chi connectivity index (χ0v) is 20.0. The monoisotopic (exact) mass is 469 g/mol. The molecule has 1 fully saturated rings. The van der Waals surface area contributed by atoms with Crippen LogP contribution in [0.25, 0.3) is 10.9 Å². The molecule has 1 aromatic heterocycles. The van der Waals surface area contributed by atoms with E-state index >= 15 is 0 Å². The van der Waals surface area contributed by atoms with Crippen molar-refractivity contribution in [1.29, 1.82) is 0 Å². The zero-order chi connectivity index (χ0) is 23.5. The fourth-order valence-corrected chi connectivity index (χ4v) is 4.13. The highest BCUT2D eigenvalue weighted by Gasteiger charge is 2.17. The van der Waals surface area contributed by atoms with E-state index in [0.29, 0.717) is 27.9 Å². The molecule has 0 unspecified atom stereocenters. The first-order valence-electron chi connectivity index (χ1n) is 10.7. The number of fused-ring (bicyclic) bond motifs is 1. The highest BCUT2D eigenvalue weighted by Crippen LogP contribution is 2.36. The van der Waals surface area contributed by atoms with Gasteiger partial charge in [0.1, 0.15) is 17.3 Å². The number of likely N-dealkylation sites (N-methyl/N-ethyl adjacent to an activating group) is 1. The van der Waals surface area contributed by atoms with Crippen molar-refractivity contribution in [3.8, 4) is 11.5 Å². The van der Waals surface area contributed by atoms with E-state index in [0.717, 1.165) is 48.5 Å². The van der Waals surface area contributed by atoms with Crippen LogP contribution in [-0.2, 0) is 0 Å². The van der Waals surface area contributed by atoms with Crippen LogP contribution in [0, 0.1) is 6.92 Å². The summed E-state index contributed by atoms with van der Waals surface area (Å²) in [6, 6.07) is 10.6. The molecule has 2 heterocycles. The molecule has 9 heteroatoms. The van der Waals surface area contributed by atoms with E-state index in [1.807, 2.05) is 18.2 Å². The first-order valence-corrected chi connectivity index (χ1v) is 11.1. The first-order chi connectivity index (χ1) is 15.9. The van der Waals surface area contributed by atoms with Crippen LogP contribution < -0.4 is 25.0 Å². The van der Waals surface area contributed by atoms with Gasteiger partial charge in [0, 0.05) is 43.3 Å². The summed E-state index contributed by atoms with van der Waals surface area (Å²) < 4.78 is 10.5. The third-order valence-electron chi connectivity index (χ3n) is 5.81. The van der Waals surface area contributed by atoms with E-state index in [1.165, 1.54) is 14.2 Å². The number of aromatic nitrogens is 1. The number of rotatable bonds is 5. The molecule has 0 radical (unpaired) electrons. The number of nitrogens with one attached hydrogen (secondary N) is 2. The smallest absolute Gasteiger partial charge is 0.323 e. The van der Waals surface area contributed by atoms with Crippen molar-refractivity contribution in [3.63, 3.8) is 0 Å². The minimum Gasteiger partial charge on any atom is -0.495 e. The van der Waals surface area contributed by atoms with Crippen LogP contribution in [0.4, 0.5) is 22.0 Å². The van der Waals surface area contributed by atoms with Gasteiger partial charge in [0.05, 0.1) is 30.4 Å². The van der Waals surface area contributed by atoms with Crippen LogP contribution in [0.15, 0.2) is 36.4 Å². The number of halogens is 1. The lowest BCUT2D eigenvalue weighted by Gasteiger charge is -2.33. The third-order valence-corrected chi connectivity index (χ3v) is 6.10. The number of ether oxygens (including phenoxy) is 2. The van der Waals surface area contributed by atoms with Crippen molar-refractivity contribution in [2.75, 3.05) is 63.0 Å². The van der Waals surface area contributed by atoms with Crippen LogP contribution in [0.5, 0.6) is 11.5 Å². The number of pyridine rings is 1. The lowest BCUT2D eigenvalue weighted by atomic mass is 10.1. The van der Waals surface area contributed by atoms with Gasteiger partial charge in [0.15, 0.2) is 0 Å². The predicted molar refractivity (Wildman–Crippen MR) is 133 cm³/mol. The molecule has 2 N–H and O–H groups in total. The Kier molecular flexibility index (Phi) is 6.76. The van der Waals surface area contributed by atoms with Crippen molar-refractivity contribution in [1.82, 2.24) is 9.88 Å². The number of benzene rings is 2. The number of hydrogen-bond acceptors (Lipinski definition) is 6. The van der Waals surface area contributed by atoms with Gasteiger partial charge in [-0.3, -0.25) is 0 Å². The van der Waals surface area contributed by atoms with Crippen LogP contribution in [-0.4, -0.2) is 63.4 Å². The molecular formula is C24H28ClN5O3. The molecule has 2 amide bonds. The summed E-state index contributed by atoms with van der Waals surface area (Å²) in [6.07, 6.45) is 0. The number of amides is 2. The van der Waals surface area contributed by atoms with Gasteiger partial charge in [-0.05, 0) is 49.9 Å². The molecule has 0 spiro atoms. The molecule has 33 heavy (non-hydrogen) atoms. The second-order valence-corrected chi connectivity index (χ2v) is 8.49. The van der Waals surface area contributed by atoms with Crippen LogP contribution in [0.2, 0.25) is 5.02 Å². The molecule has 1 aliphatic heterocycles. The van der Waals surface area contributed by atoms with Gasteiger partial charge in [0.25, 0.3) is 0 Å². The molecule has 4 rings (SSSR count). The van der Waals surface area contributed by atoms with Gasteiger partial charge in [-0.2, -0.15) is 0 Å². The summed E-state index contributed by atoms with van der Waals surface area (Å²) in [4.78, 5) is 22.1. The topological polar surface area (TPSA) is 79.0 Å². The summed E-state index contributed by atoms with van der Waals surface area (Å²) in [7, 11) is 5.17. The normalized spacial score (nSPS) is 14.3. The van der Waals surface area contributed by atoms with Gasteiger partial charge < -0.3 is 29.9 Å². The minimum absolute atomic E-state index is 0.372. The molecule has 0 aliphatic carbocycles. The van der Waals surface area contributed by atoms with Gasteiger partial charge >= 0.3 is 6.03 Å². The largest absolute Gasteiger partial charge is 0.495 e. The second-order valence-electron chi connectivity index (χ2n) is 8.09. The quantitative estimate of drug-likeness (QED) is 0.568. The van der Waals surface area contributed by atoms with Crippen LogP contribution >= 0.6 is 11.6 Å². The van der Waals surface area contributed by atoms with Crippen molar-refractivity contribution < 1.29 is 14.3 Å². The highest BCUT2D eigenvalue weighted by atomic mass is 35.5. The zero-order valence-electron chi connectivity index (χ0n) is 19.2. The molecular weight excluding hydrogens is 442 g/mol. The Labute approximate surface area is 198 Å². The summed E-state index contributed by atoms with van der Waals surface area (Å²) in [5.74, 6) is 1.91. The SMILES string of the molecule is COc1cc(OC)c(NC(=O)Nc2ccc3nc(N4CCN(C)CC4)cc(C)c3c2)cc1Cl. The van der Waals surface area contributed by atoms with Crippen molar-refractivity contribution in [2.45, 2.75) is 6.92 Å². The number of urea groups is 1. The Morgan fingerprint density at radius 2 is 1.73 bits per heavy atom. The Morgan fingerprint density at radius 3 is 2.42 bits per heavy atom. The summed E-state index contributed by atoms with van der Waals surface area (Å²) in [6.45, 7) is 6.06. The van der Waals surface area contributed by atoms with E-state index in [4.69, 9.17) is 26.1 Å². The van der Waals surface area contributed by atoms with Crippen molar-refractivity contribution in [3.05, 3.63) is 47.0 Å². The molecule has 1 saturated heterocycles. The highest BCUT2D eigenvalue weighted by molar-refractivity contribution is 6.32. The standard InChI is InChI=1S/C24H28ClN5O3/c1-15-11-23(30-9-7-29(2)8-10-30)27-19-6-5-16(12-17(15)19)26-24(31)28-20-13-18(25)21(32-3)14-22(20)33-4/h5-6,11-14H,7-10H2,1-4H3,(H2,26,28,31). The molecule has 174 valence electrons. The van der Waals surface area contributed by atoms with Crippen molar-refractivity contribution >= 4 is 45.7 Å². The molecule has 8 nitrogen and oxygen atoms in total. The Bertz CT molecular complexity index is 1180. The van der Waals surface area contributed by atoms with E-state index in [-0.39, 0.29) is 0 Å². The van der Waals surface area contributed by atoms with E-state index in [9.17, 15) is 4.79 Å². The Morgan fingerprint density at radius 1 is 1.00 bits per heavy atom. The number of carbonyl (C=O) groups excluding carboxylic acids is 1. The Hall–Kier alpha value is -3.23. The molecule has 0 saturated carbocycles. The molecule has 0 atom stereocenters. The number of hydrogen-bond donors (Lipinski definition) is 2. The molecule has 3 aromatic rings. The van der Waals surface area contributed by atoms with E-state index in [1.54, 1.807) is 12.1 Å². The Balaban J connectivity index is 1.51. The summed E-state index contributed by atoms with van der Waals surface area (Å²) in [5.41, 5.74) is 3.12. The molecule has 0 bridgehead atoms. The van der Waals surface area contributed by atoms with Gasteiger partial charge in [-0.15, -0.1) is 0 Å².